The summed E-state index contributed by atoms with van der Waals surface area (Å²) in [5.74, 6) is -0.204. The summed E-state index contributed by atoms with van der Waals surface area (Å²) in [7, 11) is 0. The molecule has 20 heavy (non-hydrogen) atoms. The quantitative estimate of drug-likeness (QED) is 0.617. The van der Waals surface area contributed by atoms with Gasteiger partial charge in [-0.2, -0.15) is 0 Å². The highest BCUT2D eigenvalue weighted by Crippen LogP contribution is 2.28. The number of hydrogen-bond donors (Lipinski definition) is 2. The molecule has 1 amide bonds. The van der Waals surface area contributed by atoms with E-state index < -0.39 is 4.92 Å². The summed E-state index contributed by atoms with van der Waals surface area (Å²) in [4.78, 5) is 22.4. The standard InChI is InChI=1S/C14H19N3O3/c1-9-7-12(13(17(19)20)8-10(9)2)16-14(18)5-6-15-11-3-4-11/h7-8,11,15H,3-6H2,1-2H3,(H,16,18). The van der Waals surface area contributed by atoms with Crippen LogP contribution in [-0.4, -0.2) is 23.4 Å². The fourth-order valence-corrected chi connectivity index (χ4v) is 1.94. The van der Waals surface area contributed by atoms with Gasteiger partial charge < -0.3 is 10.6 Å². The third kappa shape index (κ3) is 3.77. The number of aryl methyl sites for hydroxylation is 2. The van der Waals surface area contributed by atoms with Gasteiger partial charge in [0, 0.05) is 25.1 Å². The van der Waals surface area contributed by atoms with Crippen molar-refractivity contribution in [3.8, 4) is 0 Å². The first-order valence-electron chi connectivity index (χ1n) is 6.76. The normalized spacial score (nSPS) is 14.1. The minimum absolute atomic E-state index is 0.0587. The number of rotatable bonds is 6. The maximum Gasteiger partial charge on any atom is 0.293 e. The number of hydrogen-bond acceptors (Lipinski definition) is 4. The molecule has 1 aliphatic rings. The molecular weight excluding hydrogens is 258 g/mol. The summed E-state index contributed by atoms with van der Waals surface area (Å²) >= 11 is 0. The lowest BCUT2D eigenvalue weighted by molar-refractivity contribution is -0.384. The van der Waals surface area contributed by atoms with Crippen molar-refractivity contribution in [1.29, 1.82) is 0 Å². The SMILES string of the molecule is Cc1cc(NC(=O)CCNC2CC2)c([N+](=O)[O-])cc1C. The van der Waals surface area contributed by atoms with Crippen molar-refractivity contribution in [1.82, 2.24) is 5.32 Å². The van der Waals surface area contributed by atoms with E-state index in [-0.39, 0.29) is 17.3 Å². The van der Waals surface area contributed by atoms with E-state index in [0.29, 0.717) is 19.0 Å². The molecule has 6 nitrogen and oxygen atoms in total. The van der Waals surface area contributed by atoms with E-state index in [1.807, 2.05) is 13.8 Å². The second kappa shape index (κ2) is 6.00. The van der Waals surface area contributed by atoms with Crippen molar-refractivity contribution in [3.05, 3.63) is 33.4 Å². The Morgan fingerprint density at radius 1 is 1.35 bits per heavy atom. The van der Waals surface area contributed by atoms with Gasteiger partial charge in [0.1, 0.15) is 5.69 Å². The van der Waals surface area contributed by atoms with Crippen LogP contribution in [0.3, 0.4) is 0 Å². The monoisotopic (exact) mass is 277 g/mol. The summed E-state index contributed by atoms with van der Waals surface area (Å²) in [6.07, 6.45) is 2.66. The van der Waals surface area contributed by atoms with Crippen molar-refractivity contribution >= 4 is 17.3 Å². The zero-order valence-electron chi connectivity index (χ0n) is 11.7. The fourth-order valence-electron chi connectivity index (χ4n) is 1.94. The Morgan fingerprint density at radius 3 is 2.60 bits per heavy atom. The summed E-state index contributed by atoms with van der Waals surface area (Å²) in [5.41, 5.74) is 1.97. The van der Waals surface area contributed by atoms with Crippen LogP contribution in [0.5, 0.6) is 0 Å². The highest BCUT2D eigenvalue weighted by molar-refractivity contribution is 5.93. The first kappa shape index (κ1) is 14.5. The molecule has 0 unspecified atom stereocenters. The molecule has 0 aromatic heterocycles. The van der Waals surface area contributed by atoms with Crippen LogP contribution in [0, 0.1) is 24.0 Å². The predicted octanol–water partition coefficient (Wildman–Crippen LogP) is 2.29. The number of nitrogens with one attached hydrogen (secondary N) is 2. The lowest BCUT2D eigenvalue weighted by Crippen LogP contribution is -2.23. The number of nitro benzene ring substituents is 1. The minimum Gasteiger partial charge on any atom is -0.320 e. The zero-order valence-corrected chi connectivity index (χ0v) is 11.7. The number of benzene rings is 1. The van der Waals surface area contributed by atoms with Crippen LogP contribution in [0.15, 0.2) is 12.1 Å². The molecule has 2 rings (SSSR count). The average molecular weight is 277 g/mol. The lowest BCUT2D eigenvalue weighted by Gasteiger charge is -2.09. The second-order valence-corrected chi connectivity index (χ2v) is 5.24. The number of carbonyl (C=O) groups is 1. The maximum absolute atomic E-state index is 11.8. The number of anilines is 1. The van der Waals surface area contributed by atoms with Crippen molar-refractivity contribution in [2.75, 3.05) is 11.9 Å². The van der Waals surface area contributed by atoms with Crippen LogP contribution in [-0.2, 0) is 4.79 Å². The topological polar surface area (TPSA) is 84.3 Å². The molecule has 0 saturated heterocycles. The molecule has 0 aliphatic heterocycles. The van der Waals surface area contributed by atoms with Gasteiger partial charge in [0.05, 0.1) is 4.92 Å². The Balaban J connectivity index is 2.00. The molecule has 0 radical (unpaired) electrons. The summed E-state index contributed by atoms with van der Waals surface area (Å²) in [6, 6.07) is 3.70. The third-order valence-corrected chi connectivity index (χ3v) is 3.45. The van der Waals surface area contributed by atoms with Gasteiger partial charge in [0.15, 0.2) is 0 Å². The average Bonchev–Trinajstić information content (AvgIpc) is 3.17. The van der Waals surface area contributed by atoms with Gasteiger partial charge in [0.2, 0.25) is 5.91 Å². The molecule has 1 saturated carbocycles. The molecule has 1 aliphatic carbocycles. The molecule has 0 bridgehead atoms. The first-order valence-corrected chi connectivity index (χ1v) is 6.76. The van der Waals surface area contributed by atoms with E-state index in [4.69, 9.17) is 0 Å². The molecule has 2 N–H and O–H groups in total. The van der Waals surface area contributed by atoms with Gasteiger partial charge in [-0.25, -0.2) is 0 Å². The fraction of sp³-hybridized carbons (Fsp3) is 0.500. The number of nitrogens with zero attached hydrogens (tertiary/aromatic N) is 1. The highest BCUT2D eigenvalue weighted by atomic mass is 16.6. The van der Waals surface area contributed by atoms with E-state index in [1.165, 1.54) is 18.9 Å². The second-order valence-electron chi connectivity index (χ2n) is 5.24. The highest BCUT2D eigenvalue weighted by Gasteiger charge is 2.21. The molecule has 1 aromatic rings. The van der Waals surface area contributed by atoms with E-state index in [2.05, 4.69) is 10.6 Å². The summed E-state index contributed by atoms with van der Waals surface area (Å²) in [6.45, 7) is 4.28. The van der Waals surface area contributed by atoms with Crippen molar-refractivity contribution in [3.63, 3.8) is 0 Å². The summed E-state index contributed by atoms with van der Waals surface area (Å²) < 4.78 is 0. The Bertz CT molecular complexity index is 539. The lowest BCUT2D eigenvalue weighted by atomic mass is 10.1. The molecule has 6 heteroatoms. The van der Waals surface area contributed by atoms with E-state index >= 15 is 0 Å². The summed E-state index contributed by atoms with van der Waals surface area (Å²) in [5, 5.41) is 16.9. The molecule has 108 valence electrons. The molecule has 1 fully saturated rings. The Labute approximate surface area is 117 Å². The Kier molecular flexibility index (Phi) is 4.34. The van der Waals surface area contributed by atoms with E-state index in [9.17, 15) is 14.9 Å². The third-order valence-electron chi connectivity index (χ3n) is 3.45. The molecule has 0 heterocycles. The van der Waals surface area contributed by atoms with E-state index in [1.54, 1.807) is 6.07 Å². The van der Waals surface area contributed by atoms with Gasteiger partial charge in [-0.05, 0) is 43.9 Å². The zero-order chi connectivity index (χ0) is 14.7. The van der Waals surface area contributed by atoms with Crippen molar-refractivity contribution in [2.45, 2.75) is 39.2 Å². The molecular formula is C14H19N3O3. The number of amides is 1. The van der Waals surface area contributed by atoms with Crippen LogP contribution in [0.1, 0.15) is 30.4 Å². The molecule has 0 atom stereocenters. The van der Waals surface area contributed by atoms with Crippen molar-refractivity contribution in [2.24, 2.45) is 0 Å². The largest absolute Gasteiger partial charge is 0.320 e. The van der Waals surface area contributed by atoms with Gasteiger partial charge in [0.25, 0.3) is 5.69 Å². The number of nitro groups is 1. The van der Waals surface area contributed by atoms with Crippen LogP contribution >= 0.6 is 0 Å². The van der Waals surface area contributed by atoms with Gasteiger partial charge in [-0.3, -0.25) is 14.9 Å². The predicted molar refractivity (Wildman–Crippen MR) is 76.8 cm³/mol. The molecule has 1 aromatic carbocycles. The first-order chi connectivity index (χ1) is 9.47. The van der Waals surface area contributed by atoms with Gasteiger partial charge in [-0.1, -0.05) is 0 Å². The van der Waals surface area contributed by atoms with Crippen LogP contribution in [0.2, 0.25) is 0 Å². The van der Waals surface area contributed by atoms with Gasteiger partial charge in [-0.15, -0.1) is 0 Å². The van der Waals surface area contributed by atoms with Crippen molar-refractivity contribution < 1.29 is 9.72 Å². The van der Waals surface area contributed by atoms with Crippen LogP contribution in [0.25, 0.3) is 0 Å². The maximum atomic E-state index is 11.8. The van der Waals surface area contributed by atoms with Gasteiger partial charge >= 0.3 is 0 Å². The Hall–Kier alpha value is -1.95. The number of carbonyl (C=O) groups excluding carboxylic acids is 1. The Morgan fingerprint density at radius 2 is 2.00 bits per heavy atom. The smallest absolute Gasteiger partial charge is 0.293 e. The minimum atomic E-state index is -0.468. The van der Waals surface area contributed by atoms with Crippen LogP contribution < -0.4 is 10.6 Å². The van der Waals surface area contributed by atoms with Crippen LogP contribution in [0.4, 0.5) is 11.4 Å². The van der Waals surface area contributed by atoms with E-state index in [0.717, 1.165) is 11.1 Å². The molecule has 0 spiro atoms.